The molecule has 1 aromatic heterocycles. The van der Waals surface area contributed by atoms with Gasteiger partial charge >= 0.3 is 5.97 Å². The summed E-state index contributed by atoms with van der Waals surface area (Å²) in [6, 6.07) is 13.0. The molecule has 3 aromatic rings. The lowest BCUT2D eigenvalue weighted by atomic mass is 10.1. The largest absolute Gasteiger partial charge is 0.507 e. The molecule has 1 saturated heterocycles. The summed E-state index contributed by atoms with van der Waals surface area (Å²) < 4.78 is 0. The summed E-state index contributed by atoms with van der Waals surface area (Å²) in [7, 11) is 0. The molecule has 8 heteroatoms. The van der Waals surface area contributed by atoms with Gasteiger partial charge in [-0.25, -0.2) is 9.97 Å². The van der Waals surface area contributed by atoms with E-state index >= 15 is 0 Å². The number of aliphatic carboxylic acids is 1. The monoisotopic (exact) mass is 420 g/mol. The molecule has 2 aromatic carbocycles. The SMILES string of the molecule is Cc1ccc2c(N3CCN(C(=O)CCC(=O)O)CC3)nc(-c3ccccc3O)nc2c1. The van der Waals surface area contributed by atoms with Gasteiger partial charge in [-0.3, -0.25) is 9.59 Å². The fourth-order valence-electron chi connectivity index (χ4n) is 3.79. The number of aromatic nitrogens is 2. The summed E-state index contributed by atoms with van der Waals surface area (Å²) in [5, 5.41) is 20.0. The van der Waals surface area contributed by atoms with Crippen LogP contribution in [-0.2, 0) is 9.59 Å². The first kappa shape index (κ1) is 20.6. The zero-order chi connectivity index (χ0) is 22.0. The average Bonchev–Trinajstić information content (AvgIpc) is 2.77. The zero-order valence-corrected chi connectivity index (χ0v) is 17.3. The van der Waals surface area contributed by atoms with Crippen LogP contribution in [0.15, 0.2) is 42.5 Å². The van der Waals surface area contributed by atoms with Crippen molar-refractivity contribution in [1.29, 1.82) is 0 Å². The molecule has 160 valence electrons. The Bertz CT molecular complexity index is 1140. The Kier molecular flexibility index (Phi) is 5.70. The van der Waals surface area contributed by atoms with Crippen molar-refractivity contribution >= 4 is 28.6 Å². The lowest BCUT2D eigenvalue weighted by Crippen LogP contribution is -2.49. The van der Waals surface area contributed by atoms with Crippen LogP contribution in [0.2, 0.25) is 0 Å². The second-order valence-electron chi connectivity index (χ2n) is 7.67. The Balaban J connectivity index is 1.64. The van der Waals surface area contributed by atoms with Gasteiger partial charge in [0.25, 0.3) is 0 Å². The van der Waals surface area contributed by atoms with E-state index in [1.165, 1.54) is 0 Å². The van der Waals surface area contributed by atoms with E-state index < -0.39 is 5.97 Å². The number of carboxylic acids is 1. The van der Waals surface area contributed by atoms with Gasteiger partial charge in [0, 0.05) is 38.0 Å². The van der Waals surface area contributed by atoms with Gasteiger partial charge in [-0.2, -0.15) is 0 Å². The smallest absolute Gasteiger partial charge is 0.303 e. The number of hydrogen-bond acceptors (Lipinski definition) is 6. The van der Waals surface area contributed by atoms with Crippen molar-refractivity contribution in [1.82, 2.24) is 14.9 Å². The number of carbonyl (C=O) groups is 2. The lowest BCUT2D eigenvalue weighted by molar-refractivity contribution is -0.141. The maximum Gasteiger partial charge on any atom is 0.303 e. The molecule has 1 aliphatic rings. The van der Waals surface area contributed by atoms with Crippen LogP contribution in [0.25, 0.3) is 22.3 Å². The van der Waals surface area contributed by atoms with Crippen molar-refractivity contribution < 1.29 is 19.8 Å². The minimum atomic E-state index is -0.966. The number of anilines is 1. The number of aryl methyl sites for hydroxylation is 1. The van der Waals surface area contributed by atoms with Gasteiger partial charge in [-0.1, -0.05) is 18.2 Å². The predicted octanol–water partition coefficient (Wildman–Crippen LogP) is 2.82. The molecule has 0 unspecified atom stereocenters. The van der Waals surface area contributed by atoms with Crippen molar-refractivity contribution in [3.8, 4) is 17.1 Å². The van der Waals surface area contributed by atoms with Gasteiger partial charge in [-0.05, 0) is 36.8 Å². The second-order valence-corrected chi connectivity index (χ2v) is 7.67. The highest BCUT2D eigenvalue weighted by Crippen LogP contribution is 2.32. The van der Waals surface area contributed by atoms with Gasteiger partial charge in [0.05, 0.1) is 17.5 Å². The summed E-state index contributed by atoms with van der Waals surface area (Å²) in [5.74, 6) is 0.230. The van der Waals surface area contributed by atoms with Gasteiger partial charge < -0.3 is 20.0 Å². The maximum absolute atomic E-state index is 12.3. The third-order valence-corrected chi connectivity index (χ3v) is 5.46. The van der Waals surface area contributed by atoms with E-state index in [0.717, 1.165) is 22.3 Å². The molecule has 0 saturated carbocycles. The number of piperazine rings is 1. The molecule has 2 heterocycles. The highest BCUT2D eigenvalue weighted by atomic mass is 16.4. The summed E-state index contributed by atoms with van der Waals surface area (Å²) in [6.45, 7) is 4.17. The fraction of sp³-hybridized carbons (Fsp3) is 0.304. The molecule has 31 heavy (non-hydrogen) atoms. The van der Waals surface area contributed by atoms with E-state index in [2.05, 4.69) is 9.88 Å². The van der Waals surface area contributed by atoms with Gasteiger partial charge in [-0.15, -0.1) is 0 Å². The Morgan fingerprint density at radius 2 is 1.74 bits per heavy atom. The third kappa shape index (κ3) is 4.42. The number of rotatable bonds is 5. The highest BCUT2D eigenvalue weighted by Gasteiger charge is 2.24. The molecule has 2 N–H and O–H groups in total. The number of amides is 1. The molecule has 0 atom stereocenters. The Hall–Kier alpha value is -3.68. The first-order valence-electron chi connectivity index (χ1n) is 10.2. The van der Waals surface area contributed by atoms with E-state index in [9.17, 15) is 14.7 Å². The molecule has 0 bridgehead atoms. The van der Waals surface area contributed by atoms with Crippen LogP contribution >= 0.6 is 0 Å². The molecule has 8 nitrogen and oxygen atoms in total. The maximum atomic E-state index is 12.3. The average molecular weight is 420 g/mol. The highest BCUT2D eigenvalue weighted by molar-refractivity contribution is 5.92. The standard InChI is InChI=1S/C23H24N4O4/c1-15-6-7-16-18(14-15)24-22(17-4-2-3-5-19(17)28)25-23(16)27-12-10-26(11-13-27)20(29)8-9-21(30)31/h2-7,14,28H,8-13H2,1H3,(H,30,31). The van der Waals surface area contributed by atoms with Crippen molar-refractivity contribution in [2.75, 3.05) is 31.1 Å². The van der Waals surface area contributed by atoms with E-state index in [1.807, 2.05) is 31.2 Å². The van der Waals surface area contributed by atoms with Crippen LogP contribution in [0.1, 0.15) is 18.4 Å². The number of carboxylic acid groups (broad SMARTS) is 1. The van der Waals surface area contributed by atoms with Crippen LogP contribution in [0, 0.1) is 6.92 Å². The minimum absolute atomic E-state index is 0.0163. The van der Waals surface area contributed by atoms with Crippen LogP contribution < -0.4 is 4.90 Å². The topological polar surface area (TPSA) is 107 Å². The molecule has 0 radical (unpaired) electrons. The summed E-state index contributed by atoms with van der Waals surface area (Å²) >= 11 is 0. The Morgan fingerprint density at radius 3 is 2.45 bits per heavy atom. The fourth-order valence-corrected chi connectivity index (χ4v) is 3.79. The van der Waals surface area contributed by atoms with E-state index in [4.69, 9.17) is 10.1 Å². The number of nitrogens with zero attached hydrogens (tertiary/aromatic N) is 4. The van der Waals surface area contributed by atoms with Gasteiger partial charge in [0.2, 0.25) is 5.91 Å². The summed E-state index contributed by atoms with van der Waals surface area (Å²) in [6.07, 6.45) is -0.138. The number of phenolic OH excluding ortho intramolecular Hbond substituents is 1. The number of benzene rings is 2. The number of fused-ring (bicyclic) bond motifs is 1. The molecule has 4 rings (SSSR count). The van der Waals surface area contributed by atoms with Crippen molar-refractivity contribution in [2.24, 2.45) is 0 Å². The Morgan fingerprint density at radius 1 is 1.00 bits per heavy atom. The molecule has 0 spiro atoms. The first-order valence-corrected chi connectivity index (χ1v) is 10.2. The second kappa shape index (κ2) is 8.59. The van der Waals surface area contributed by atoms with Crippen molar-refractivity contribution in [3.05, 3.63) is 48.0 Å². The number of aromatic hydroxyl groups is 1. The van der Waals surface area contributed by atoms with E-state index in [0.29, 0.717) is 37.6 Å². The minimum Gasteiger partial charge on any atom is -0.507 e. The third-order valence-electron chi connectivity index (χ3n) is 5.46. The van der Waals surface area contributed by atoms with E-state index in [-0.39, 0.29) is 24.5 Å². The number of carbonyl (C=O) groups excluding carboxylic acids is 1. The van der Waals surface area contributed by atoms with Crippen LogP contribution in [-0.4, -0.2) is 63.1 Å². The lowest BCUT2D eigenvalue weighted by Gasteiger charge is -2.36. The number of para-hydroxylation sites is 1. The Labute approximate surface area is 179 Å². The predicted molar refractivity (Wildman–Crippen MR) is 117 cm³/mol. The van der Waals surface area contributed by atoms with Crippen LogP contribution in [0.4, 0.5) is 5.82 Å². The molecule has 1 fully saturated rings. The number of phenols is 1. The quantitative estimate of drug-likeness (QED) is 0.654. The van der Waals surface area contributed by atoms with Gasteiger partial charge in [0.15, 0.2) is 5.82 Å². The van der Waals surface area contributed by atoms with Crippen LogP contribution in [0.5, 0.6) is 5.75 Å². The molecular weight excluding hydrogens is 396 g/mol. The molecular formula is C23H24N4O4. The molecule has 1 amide bonds. The molecule has 1 aliphatic heterocycles. The van der Waals surface area contributed by atoms with E-state index in [1.54, 1.807) is 23.1 Å². The van der Waals surface area contributed by atoms with Crippen LogP contribution in [0.3, 0.4) is 0 Å². The van der Waals surface area contributed by atoms with Gasteiger partial charge in [0.1, 0.15) is 11.6 Å². The number of hydrogen-bond donors (Lipinski definition) is 2. The normalized spacial score (nSPS) is 14.1. The van der Waals surface area contributed by atoms with Crippen molar-refractivity contribution in [2.45, 2.75) is 19.8 Å². The van der Waals surface area contributed by atoms with Crippen molar-refractivity contribution in [3.63, 3.8) is 0 Å². The zero-order valence-electron chi connectivity index (χ0n) is 17.3. The molecule has 0 aliphatic carbocycles. The summed E-state index contributed by atoms with van der Waals surface area (Å²) in [5.41, 5.74) is 2.44. The summed E-state index contributed by atoms with van der Waals surface area (Å²) in [4.78, 5) is 36.3. The first-order chi connectivity index (χ1) is 14.9.